The van der Waals surface area contributed by atoms with Crippen LogP contribution in [-0.2, 0) is 16.6 Å². The number of aliphatic hydroxyl groups excluding tert-OH is 1. The number of piperazine rings is 2. The number of aromatic nitrogens is 6. The van der Waals surface area contributed by atoms with E-state index in [0.717, 1.165) is 86.9 Å². The van der Waals surface area contributed by atoms with Crippen molar-refractivity contribution in [3.8, 4) is 40.0 Å². The minimum absolute atomic E-state index is 0.0484. The maximum Gasteiger partial charge on any atom is 0.254 e. The number of nitrogens with two attached hydrogens (primary N) is 1. The smallest absolute Gasteiger partial charge is 0.254 e. The molecular formula is C54H67N13O7. The van der Waals surface area contributed by atoms with Gasteiger partial charge < -0.3 is 50.0 Å². The zero-order valence-corrected chi connectivity index (χ0v) is 42.5. The van der Waals surface area contributed by atoms with Crippen LogP contribution in [0.1, 0.15) is 63.3 Å². The number of rotatable bonds is 18. The van der Waals surface area contributed by atoms with Gasteiger partial charge in [-0.25, -0.2) is 4.98 Å². The Morgan fingerprint density at radius 1 is 0.851 bits per heavy atom. The van der Waals surface area contributed by atoms with Crippen LogP contribution in [0.2, 0.25) is 0 Å². The van der Waals surface area contributed by atoms with Crippen molar-refractivity contribution in [1.29, 1.82) is 0 Å². The van der Waals surface area contributed by atoms with Crippen molar-refractivity contribution in [3.63, 3.8) is 0 Å². The molecule has 4 aliphatic rings. The van der Waals surface area contributed by atoms with Gasteiger partial charge in [-0.1, -0.05) is 50.2 Å². The molecule has 6 atom stereocenters. The van der Waals surface area contributed by atoms with Crippen LogP contribution in [-0.4, -0.2) is 163 Å². The fraction of sp³-hybridized carbons (Fsp3) is 0.463. The molecule has 2 aromatic carbocycles. The van der Waals surface area contributed by atoms with Crippen LogP contribution in [0.3, 0.4) is 0 Å². The maximum atomic E-state index is 14.2. The number of nitrogens with zero attached hydrogens (tertiary/aromatic N) is 11. The second kappa shape index (κ2) is 22.0. The predicted molar refractivity (Wildman–Crippen MR) is 279 cm³/mol. The van der Waals surface area contributed by atoms with Gasteiger partial charge in [-0.3, -0.25) is 24.1 Å². The van der Waals surface area contributed by atoms with Crippen molar-refractivity contribution in [3.05, 3.63) is 103 Å². The summed E-state index contributed by atoms with van der Waals surface area (Å²) < 4.78 is 19.8. The molecule has 0 spiro atoms. The highest BCUT2D eigenvalue weighted by atomic mass is 16.5. The number of phenols is 1. The number of aliphatic hydroxyl groups is 1. The minimum atomic E-state index is -0.835. The Bertz CT molecular complexity index is 2870. The lowest BCUT2D eigenvalue weighted by Crippen LogP contribution is -2.54. The third kappa shape index (κ3) is 11.0. The summed E-state index contributed by atoms with van der Waals surface area (Å²) in [6.07, 6.45) is 5.02. The van der Waals surface area contributed by atoms with Crippen LogP contribution in [0.5, 0.6) is 17.5 Å². The van der Waals surface area contributed by atoms with E-state index in [-0.39, 0.29) is 54.6 Å². The van der Waals surface area contributed by atoms with Crippen LogP contribution in [0.25, 0.3) is 22.5 Å². The number of benzene rings is 2. The van der Waals surface area contributed by atoms with E-state index in [0.29, 0.717) is 54.4 Å². The van der Waals surface area contributed by atoms with Crippen molar-refractivity contribution in [2.45, 2.75) is 76.2 Å². The molecule has 74 heavy (non-hydrogen) atoms. The SMILES string of the molecule is CC(C)[C@H](C(=O)N1C[C@H](O)C[C@H]1C(=O)N[C@@H](C)c1ccc(-c2ccnn2C)cc1)c1cc(OCCN2CCN(CCOc3cc(N4C5CCC4CN(c4cc(-c6ccccc6O)nnc4N)C5)ccn3)CC2)no1. The van der Waals surface area contributed by atoms with E-state index >= 15 is 0 Å². The molecule has 2 unspecified atom stereocenters. The zero-order chi connectivity index (χ0) is 51.5. The molecule has 20 heteroatoms. The first-order valence-corrected chi connectivity index (χ1v) is 25.8. The largest absolute Gasteiger partial charge is 0.507 e. The number of anilines is 3. The number of para-hydroxylation sites is 1. The topological polar surface area (TPSA) is 230 Å². The molecule has 2 bridgehead atoms. The van der Waals surface area contributed by atoms with Crippen molar-refractivity contribution < 1.29 is 33.8 Å². The Hall–Kier alpha value is -7.29. The second-order valence-corrected chi connectivity index (χ2v) is 20.3. The minimum Gasteiger partial charge on any atom is -0.507 e. The quantitative estimate of drug-likeness (QED) is 0.0913. The van der Waals surface area contributed by atoms with E-state index in [2.05, 4.69) is 62.5 Å². The van der Waals surface area contributed by atoms with Gasteiger partial charge in [0.25, 0.3) is 5.88 Å². The second-order valence-electron chi connectivity index (χ2n) is 20.3. The van der Waals surface area contributed by atoms with Crippen molar-refractivity contribution >= 4 is 29.0 Å². The average Bonchev–Trinajstić information content (AvgIpc) is 4.20. The molecule has 4 saturated heterocycles. The Labute approximate surface area is 431 Å². The van der Waals surface area contributed by atoms with E-state index < -0.39 is 18.1 Å². The van der Waals surface area contributed by atoms with Crippen LogP contribution in [0.4, 0.5) is 17.2 Å². The van der Waals surface area contributed by atoms with Gasteiger partial charge in [-0.05, 0) is 72.3 Å². The maximum absolute atomic E-state index is 14.2. The molecule has 4 aliphatic heterocycles. The number of carbonyl (C=O) groups is 2. The molecule has 390 valence electrons. The van der Waals surface area contributed by atoms with Crippen LogP contribution in [0, 0.1) is 5.92 Å². The van der Waals surface area contributed by atoms with Gasteiger partial charge in [0, 0.05) is 120 Å². The first kappa shape index (κ1) is 50.3. The number of likely N-dealkylation sites (tertiary alicyclic amines) is 1. The molecule has 2 amide bonds. The molecule has 8 heterocycles. The Morgan fingerprint density at radius 3 is 2.23 bits per heavy atom. The van der Waals surface area contributed by atoms with E-state index in [1.165, 1.54) is 4.90 Å². The summed E-state index contributed by atoms with van der Waals surface area (Å²) >= 11 is 0. The average molecular weight is 1010 g/mol. The summed E-state index contributed by atoms with van der Waals surface area (Å²) in [5.41, 5.74) is 12.4. The summed E-state index contributed by atoms with van der Waals surface area (Å²) in [6.45, 7) is 13.3. The highest BCUT2D eigenvalue weighted by Gasteiger charge is 2.44. The van der Waals surface area contributed by atoms with Gasteiger partial charge >= 0.3 is 0 Å². The first-order chi connectivity index (χ1) is 35.9. The Morgan fingerprint density at radius 2 is 1.55 bits per heavy atom. The van der Waals surface area contributed by atoms with Crippen LogP contribution < -0.4 is 30.3 Å². The van der Waals surface area contributed by atoms with E-state index in [9.17, 15) is 19.8 Å². The summed E-state index contributed by atoms with van der Waals surface area (Å²) in [5, 5.41) is 41.2. The molecule has 0 radical (unpaired) electrons. The highest BCUT2D eigenvalue weighted by Crippen LogP contribution is 2.40. The van der Waals surface area contributed by atoms with Gasteiger partial charge in [-0.2, -0.15) is 5.10 Å². The normalized spacial score (nSPS) is 21.0. The number of pyridine rings is 1. The third-order valence-corrected chi connectivity index (χ3v) is 15.1. The lowest BCUT2D eigenvalue weighted by atomic mass is 9.91. The third-order valence-electron chi connectivity index (χ3n) is 15.1. The molecular weight excluding hydrogens is 943 g/mol. The molecule has 4 fully saturated rings. The van der Waals surface area contributed by atoms with Crippen LogP contribution in [0.15, 0.2) is 95.8 Å². The number of amides is 2. The Balaban J connectivity index is 0.655. The van der Waals surface area contributed by atoms with Crippen LogP contribution >= 0.6 is 0 Å². The monoisotopic (exact) mass is 1010 g/mol. The van der Waals surface area contributed by atoms with E-state index in [1.54, 1.807) is 24.4 Å². The lowest BCUT2D eigenvalue weighted by molar-refractivity contribution is -0.141. The summed E-state index contributed by atoms with van der Waals surface area (Å²) in [6, 6.07) is 24.1. The van der Waals surface area contributed by atoms with E-state index in [4.69, 9.17) is 19.7 Å². The molecule has 5 N–H and O–H groups in total. The number of hydrogen-bond acceptors (Lipinski definition) is 17. The number of carbonyl (C=O) groups excluding carboxylic acids is 2. The van der Waals surface area contributed by atoms with Gasteiger partial charge in [0.2, 0.25) is 17.7 Å². The number of phenolic OH excluding ortho intramolecular Hbond substituents is 1. The predicted octanol–water partition coefficient (Wildman–Crippen LogP) is 4.73. The summed E-state index contributed by atoms with van der Waals surface area (Å²) in [5.74, 6) is 0.279. The van der Waals surface area contributed by atoms with Gasteiger partial charge in [-0.15, -0.1) is 10.2 Å². The molecule has 0 aliphatic carbocycles. The number of aryl methyl sites for hydroxylation is 1. The van der Waals surface area contributed by atoms with Gasteiger partial charge in [0.1, 0.15) is 30.9 Å². The number of aromatic hydroxyl groups is 1. The number of nitrogens with one attached hydrogen (secondary N) is 1. The number of fused-ring (bicyclic) bond motifs is 2. The molecule has 20 nitrogen and oxygen atoms in total. The zero-order valence-electron chi connectivity index (χ0n) is 42.5. The molecule has 0 saturated carbocycles. The standard InChI is InChI=1S/C54H67N13O7/c1-34(2)51(54(71)66-33-41(68)28-46(66)53(70)58-35(3)36-9-11-37(12-10-36)44-16-18-57-62(44)4)48-30-50(61-74-48)73-26-24-64-21-19-63(20-22-64)23-25-72-49-27-38(15-17-56-49)67-39-13-14-40(67)32-65(31-39)45-29-43(59-60-52(45)55)42-7-5-6-8-47(42)69/h5-12,15-18,27,29-30,34-35,39-41,46,51,68-69H,13-14,19-26,28,31-33H2,1-4H3,(H2,55,60)(H,58,70)/t35-,39?,40?,41+,46-,51-/m0/s1. The number of β-amino-alcohol motifs (C(OH)–C–C–N with tert-alkyl or cyclic N) is 1. The molecule has 4 aromatic heterocycles. The summed E-state index contributed by atoms with van der Waals surface area (Å²) in [7, 11) is 1.89. The van der Waals surface area contributed by atoms with Crippen molar-refractivity contribution in [1.82, 2.24) is 50.1 Å². The molecule has 6 aromatic rings. The summed E-state index contributed by atoms with van der Waals surface area (Å²) in [4.78, 5) is 43.6. The fourth-order valence-corrected chi connectivity index (χ4v) is 11.1. The highest BCUT2D eigenvalue weighted by molar-refractivity contribution is 5.91. The van der Waals surface area contributed by atoms with Gasteiger partial charge in [0.15, 0.2) is 11.6 Å². The lowest BCUT2D eigenvalue weighted by Gasteiger charge is -2.43. The van der Waals surface area contributed by atoms with Crippen molar-refractivity contribution in [2.24, 2.45) is 13.0 Å². The fourth-order valence-electron chi connectivity index (χ4n) is 11.1. The first-order valence-electron chi connectivity index (χ1n) is 25.8. The molecule has 10 rings (SSSR count). The number of hydrogen-bond donors (Lipinski definition) is 4. The number of ether oxygens (including phenoxy) is 2. The van der Waals surface area contributed by atoms with E-state index in [1.807, 2.05) is 87.2 Å². The number of nitrogen functional groups attached to an aromatic ring is 1. The Kier molecular flexibility index (Phi) is 15.0. The van der Waals surface area contributed by atoms with Gasteiger partial charge in [0.05, 0.1) is 29.2 Å². The van der Waals surface area contributed by atoms with Crippen molar-refractivity contribution in [2.75, 3.05) is 87.7 Å².